The maximum Gasteiger partial charge on any atom is 0.116 e. The van der Waals surface area contributed by atoms with Crippen LogP contribution in [0.5, 0.6) is 0 Å². The van der Waals surface area contributed by atoms with Gasteiger partial charge in [-0.15, -0.1) is 0 Å². The minimum Gasteiger partial charge on any atom is -0.499 e. The van der Waals surface area contributed by atoms with Crippen molar-refractivity contribution in [3.05, 3.63) is 12.3 Å². The summed E-state index contributed by atoms with van der Waals surface area (Å²) in [6, 6.07) is 1.17. The summed E-state index contributed by atoms with van der Waals surface area (Å²) in [4.78, 5) is 0. The standard InChI is InChI=1S/C6H12O2Si/c9-3-1-2-7-4-6-5-8-6/h1-2,6H,3-5H2,9H3/b2-1-. The van der Waals surface area contributed by atoms with Gasteiger partial charge in [-0.1, -0.05) is 6.08 Å². The molecule has 0 saturated carbocycles. The molecule has 0 spiro atoms. The summed E-state index contributed by atoms with van der Waals surface area (Å²) in [6.07, 6.45) is 4.22. The van der Waals surface area contributed by atoms with Crippen molar-refractivity contribution in [2.24, 2.45) is 0 Å². The highest BCUT2D eigenvalue weighted by Gasteiger charge is 2.22. The Kier molecular flexibility index (Phi) is 2.80. The number of epoxide rings is 1. The van der Waals surface area contributed by atoms with E-state index in [9.17, 15) is 0 Å². The Hall–Kier alpha value is -0.283. The smallest absolute Gasteiger partial charge is 0.116 e. The summed E-state index contributed by atoms with van der Waals surface area (Å²) in [5.41, 5.74) is 0. The normalized spacial score (nSPS) is 25.1. The van der Waals surface area contributed by atoms with Crippen molar-refractivity contribution in [2.75, 3.05) is 13.2 Å². The number of hydrogen-bond acceptors (Lipinski definition) is 2. The van der Waals surface area contributed by atoms with E-state index < -0.39 is 0 Å². The predicted octanol–water partition coefficient (Wildman–Crippen LogP) is -0.301. The highest BCUT2D eigenvalue weighted by Crippen LogP contribution is 2.08. The summed E-state index contributed by atoms with van der Waals surface area (Å²) in [7, 11) is 1.22. The van der Waals surface area contributed by atoms with Crippen molar-refractivity contribution >= 4 is 10.2 Å². The largest absolute Gasteiger partial charge is 0.499 e. The quantitative estimate of drug-likeness (QED) is 0.307. The third-order valence-corrected chi connectivity index (χ3v) is 1.58. The summed E-state index contributed by atoms with van der Waals surface area (Å²) < 4.78 is 10.1. The second-order valence-corrected chi connectivity index (χ2v) is 2.89. The molecule has 1 unspecified atom stereocenters. The average molecular weight is 144 g/mol. The molecular formula is C6H12O2Si. The molecule has 1 rings (SSSR count). The fourth-order valence-corrected chi connectivity index (χ4v) is 0.684. The van der Waals surface area contributed by atoms with Crippen LogP contribution in [0, 0.1) is 0 Å². The van der Waals surface area contributed by atoms with Crippen molar-refractivity contribution in [1.29, 1.82) is 0 Å². The molecule has 0 bridgehead atoms. The monoisotopic (exact) mass is 144 g/mol. The van der Waals surface area contributed by atoms with Crippen LogP contribution in [-0.2, 0) is 9.47 Å². The second-order valence-electron chi connectivity index (χ2n) is 2.07. The van der Waals surface area contributed by atoms with Crippen LogP contribution >= 0.6 is 0 Å². The molecule has 52 valence electrons. The zero-order chi connectivity index (χ0) is 6.53. The molecule has 2 nitrogen and oxygen atoms in total. The van der Waals surface area contributed by atoms with E-state index >= 15 is 0 Å². The topological polar surface area (TPSA) is 21.8 Å². The van der Waals surface area contributed by atoms with Gasteiger partial charge in [0.15, 0.2) is 0 Å². The molecule has 0 aromatic carbocycles. The van der Waals surface area contributed by atoms with Crippen LogP contribution in [-0.4, -0.2) is 29.6 Å². The van der Waals surface area contributed by atoms with E-state index in [4.69, 9.17) is 9.47 Å². The molecule has 1 fully saturated rings. The van der Waals surface area contributed by atoms with Gasteiger partial charge in [-0.2, -0.15) is 0 Å². The van der Waals surface area contributed by atoms with Crippen LogP contribution in [0.1, 0.15) is 0 Å². The van der Waals surface area contributed by atoms with Gasteiger partial charge in [-0.05, 0) is 6.04 Å². The Balaban J connectivity index is 1.85. The third-order valence-electron chi connectivity index (χ3n) is 1.11. The summed E-state index contributed by atoms with van der Waals surface area (Å²) >= 11 is 0. The molecular weight excluding hydrogens is 132 g/mol. The van der Waals surface area contributed by atoms with E-state index in [1.165, 1.54) is 16.3 Å². The van der Waals surface area contributed by atoms with E-state index in [-0.39, 0.29) is 0 Å². The van der Waals surface area contributed by atoms with Gasteiger partial charge < -0.3 is 9.47 Å². The fourth-order valence-electron chi connectivity index (χ4n) is 0.491. The first-order valence-corrected chi connectivity index (χ1v) is 4.73. The van der Waals surface area contributed by atoms with Crippen LogP contribution in [0.3, 0.4) is 0 Å². The van der Waals surface area contributed by atoms with Gasteiger partial charge in [-0.3, -0.25) is 0 Å². The Morgan fingerprint density at radius 3 is 3.11 bits per heavy atom. The molecule has 0 amide bonds. The molecule has 0 N–H and O–H groups in total. The molecule has 1 atom stereocenters. The van der Waals surface area contributed by atoms with Crippen molar-refractivity contribution in [1.82, 2.24) is 0 Å². The fraction of sp³-hybridized carbons (Fsp3) is 0.667. The van der Waals surface area contributed by atoms with Crippen LogP contribution in [0.4, 0.5) is 0 Å². The van der Waals surface area contributed by atoms with Gasteiger partial charge in [0, 0.05) is 10.2 Å². The zero-order valence-corrected chi connectivity index (χ0v) is 7.67. The zero-order valence-electron chi connectivity index (χ0n) is 5.67. The van der Waals surface area contributed by atoms with Crippen LogP contribution in [0.2, 0.25) is 6.04 Å². The Bertz CT molecular complexity index is 99.2. The van der Waals surface area contributed by atoms with E-state index in [1.807, 2.05) is 0 Å². The Morgan fingerprint density at radius 2 is 2.56 bits per heavy atom. The van der Waals surface area contributed by atoms with Gasteiger partial charge in [0.1, 0.15) is 12.7 Å². The van der Waals surface area contributed by atoms with Crippen LogP contribution in [0.15, 0.2) is 12.3 Å². The molecule has 0 aromatic heterocycles. The highest BCUT2D eigenvalue weighted by atomic mass is 28.1. The van der Waals surface area contributed by atoms with Crippen LogP contribution in [0.25, 0.3) is 0 Å². The average Bonchev–Trinajstić information content (AvgIpc) is 2.63. The van der Waals surface area contributed by atoms with Crippen molar-refractivity contribution in [2.45, 2.75) is 12.1 Å². The van der Waals surface area contributed by atoms with Gasteiger partial charge >= 0.3 is 0 Å². The van der Waals surface area contributed by atoms with Crippen molar-refractivity contribution in [3.8, 4) is 0 Å². The van der Waals surface area contributed by atoms with Crippen molar-refractivity contribution < 1.29 is 9.47 Å². The summed E-state index contributed by atoms with van der Waals surface area (Å²) in [5.74, 6) is 0. The van der Waals surface area contributed by atoms with E-state index in [1.54, 1.807) is 6.26 Å². The maximum absolute atomic E-state index is 5.11. The molecule has 1 heterocycles. The van der Waals surface area contributed by atoms with Gasteiger partial charge in [-0.25, -0.2) is 0 Å². The molecule has 1 aliphatic heterocycles. The van der Waals surface area contributed by atoms with E-state index in [2.05, 4.69) is 6.08 Å². The minimum absolute atomic E-state index is 0.392. The summed E-state index contributed by atoms with van der Waals surface area (Å²) in [6.45, 7) is 1.62. The van der Waals surface area contributed by atoms with E-state index in [0.717, 1.165) is 13.2 Å². The number of ether oxygens (including phenoxy) is 2. The highest BCUT2D eigenvalue weighted by molar-refractivity contribution is 6.09. The minimum atomic E-state index is 0.392. The number of hydrogen-bond donors (Lipinski definition) is 0. The lowest BCUT2D eigenvalue weighted by molar-refractivity contribution is 0.212. The summed E-state index contributed by atoms with van der Waals surface area (Å²) in [5, 5.41) is 0. The first-order valence-electron chi connectivity index (χ1n) is 3.31. The molecule has 1 aliphatic rings. The number of allylic oxidation sites excluding steroid dienone is 1. The third kappa shape index (κ3) is 3.32. The second kappa shape index (κ2) is 3.69. The lowest BCUT2D eigenvalue weighted by Gasteiger charge is -1.92. The predicted molar refractivity (Wildman–Crippen MR) is 39.6 cm³/mol. The Labute approximate surface area is 58.3 Å². The Morgan fingerprint density at radius 1 is 1.78 bits per heavy atom. The first-order chi connectivity index (χ1) is 4.43. The van der Waals surface area contributed by atoms with Gasteiger partial charge in [0.2, 0.25) is 0 Å². The first kappa shape index (κ1) is 6.83. The molecule has 3 heteroatoms. The molecule has 9 heavy (non-hydrogen) atoms. The maximum atomic E-state index is 5.11. The SMILES string of the molecule is [SiH3]C/C=C\OCC1CO1. The lowest BCUT2D eigenvalue weighted by Crippen LogP contribution is -1.94. The lowest BCUT2D eigenvalue weighted by atomic mass is 10.5. The molecule has 1 saturated heterocycles. The van der Waals surface area contributed by atoms with Gasteiger partial charge in [0.05, 0.1) is 12.9 Å². The molecule has 0 aliphatic carbocycles. The molecule has 0 radical (unpaired) electrons. The number of rotatable bonds is 4. The van der Waals surface area contributed by atoms with Crippen LogP contribution < -0.4 is 0 Å². The van der Waals surface area contributed by atoms with Gasteiger partial charge in [0.25, 0.3) is 0 Å². The van der Waals surface area contributed by atoms with Crippen molar-refractivity contribution in [3.63, 3.8) is 0 Å². The molecule has 0 aromatic rings. The van der Waals surface area contributed by atoms with E-state index in [0.29, 0.717) is 6.10 Å².